The van der Waals surface area contributed by atoms with E-state index in [1.807, 2.05) is 0 Å². The molecule has 42 heavy (non-hydrogen) atoms. The highest BCUT2D eigenvalue weighted by Crippen LogP contribution is 2.50. The Morgan fingerprint density at radius 3 is 2.05 bits per heavy atom. The number of ether oxygens (including phenoxy) is 3. The molecule has 1 heterocycles. The number of carbonyl (C=O) groups excluding carboxylic acids is 3. The lowest BCUT2D eigenvalue weighted by molar-refractivity contribution is -0.137. The van der Waals surface area contributed by atoms with E-state index < -0.39 is 53.3 Å². The number of benzene rings is 2. The van der Waals surface area contributed by atoms with Crippen molar-refractivity contribution < 1.29 is 41.8 Å². The number of amides is 3. The fourth-order valence-corrected chi connectivity index (χ4v) is 4.96. The molecular weight excluding hydrogens is 553 g/mol. The molecule has 2 aromatic carbocycles. The van der Waals surface area contributed by atoms with Gasteiger partial charge in [-0.05, 0) is 96.0 Å². The van der Waals surface area contributed by atoms with Gasteiger partial charge in [-0.15, -0.1) is 0 Å². The molecule has 0 radical (unpaired) electrons. The van der Waals surface area contributed by atoms with E-state index in [-0.39, 0.29) is 30.2 Å². The molecule has 3 amide bonds. The third-order valence-corrected chi connectivity index (χ3v) is 6.83. The number of hydrogen-bond donors (Lipinski definition) is 0. The first-order valence-corrected chi connectivity index (χ1v) is 13.9. The van der Waals surface area contributed by atoms with Crippen LogP contribution in [0.1, 0.15) is 83.5 Å². The number of fused-ring (bicyclic) bond motifs is 1. The summed E-state index contributed by atoms with van der Waals surface area (Å²) in [6, 6.07) is 10.0. The van der Waals surface area contributed by atoms with Crippen LogP contribution in [-0.4, -0.2) is 40.4 Å². The molecule has 228 valence electrons. The van der Waals surface area contributed by atoms with Gasteiger partial charge in [0.15, 0.2) is 0 Å². The molecule has 2 aromatic rings. The summed E-state index contributed by atoms with van der Waals surface area (Å²) in [5.74, 6) is 0.0105. The summed E-state index contributed by atoms with van der Waals surface area (Å²) >= 11 is 0. The lowest BCUT2D eigenvalue weighted by Crippen LogP contribution is -2.52. The van der Waals surface area contributed by atoms with Gasteiger partial charge in [0.1, 0.15) is 17.8 Å². The maximum atomic E-state index is 13.9. The molecule has 1 aliphatic heterocycles. The largest absolute Gasteiger partial charge is 0.444 e. The maximum Gasteiger partial charge on any atom is 0.420 e. The van der Waals surface area contributed by atoms with Crippen molar-refractivity contribution in [2.45, 2.75) is 96.9 Å². The van der Waals surface area contributed by atoms with E-state index in [2.05, 4.69) is 0 Å². The van der Waals surface area contributed by atoms with Gasteiger partial charge in [-0.2, -0.15) is 13.2 Å². The first-order valence-electron chi connectivity index (χ1n) is 13.9. The number of alkyl halides is 3. The van der Waals surface area contributed by atoms with Gasteiger partial charge < -0.3 is 14.2 Å². The predicted molar refractivity (Wildman–Crippen MR) is 149 cm³/mol. The molecule has 0 bridgehead atoms. The lowest BCUT2D eigenvalue weighted by atomic mass is 9.87. The molecule has 0 unspecified atom stereocenters. The summed E-state index contributed by atoms with van der Waals surface area (Å²) in [4.78, 5) is 42.8. The summed E-state index contributed by atoms with van der Waals surface area (Å²) in [5, 5.41) is 0. The lowest BCUT2D eigenvalue weighted by Gasteiger charge is -2.44. The first kappa shape index (κ1) is 31.2. The Bertz CT molecular complexity index is 1310. The summed E-state index contributed by atoms with van der Waals surface area (Å²) in [7, 11) is 0. The molecule has 0 aromatic heterocycles. The zero-order valence-corrected chi connectivity index (χ0v) is 24.7. The Balaban J connectivity index is 1.82. The molecule has 0 N–H and O–H groups in total. The number of anilines is 1. The van der Waals surface area contributed by atoms with Crippen LogP contribution < -0.4 is 4.90 Å². The second-order valence-electron chi connectivity index (χ2n) is 12.7. The molecule has 2 aliphatic rings. The Kier molecular flexibility index (Phi) is 8.53. The molecule has 1 saturated carbocycles. The zero-order chi connectivity index (χ0) is 31.0. The maximum absolute atomic E-state index is 13.9. The molecule has 1 aliphatic carbocycles. The van der Waals surface area contributed by atoms with Crippen LogP contribution in [0, 0.1) is 5.92 Å². The van der Waals surface area contributed by atoms with E-state index in [0.29, 0.717) is 5.56 Å². The van der Waals surface area contributed by atoms with Gasteiger partial charge in [0.2, 0.25) is 0 Å². The Hall–Kier alpha value is -3.76. The third kappa shape index (κ3) is 7.54. The van der Waals surface area contributed by atoms with Gasteiger partial charge in [-0.1, -0.05) is 30.3 Å². The van der Waals surface area contributed by atoms with E-state index in [4.69, 9.17) is 14.2 Å². The summed E-state index contributed by atoms with van der Waals surface area (Å²) in [6.07, 6.45) is -6.02. The standard InChI is InChI=1S/C31H37F3N2O6/c1-29(2,3)41-27(38)35-23-15-14-21(31(32,33)34)16-22(23)25(17-24(35)20-12-13-20)36(28(39)42-30(4,5)6)26(37)40-18-19-10-8-7-9-11-19/h7-11,14-16,20,24-25H,12-13,17-18H2,1-6H3/t24-,25-/m0/s1. The zero-order valence-electron chi connectivity index (χ0n) is 24.7. The number of imide groups is 1. The van der Waals surface area contributed by atoms with Crippen molar-refractivity contribution in [1.29, 1.82) is 0 Å². The van der Waals surface area contributed by atoms with E-state index >= 15 is 0 Å². The highest BCUT2D eigenvalue weighted by Gasteiger charge is 2.50. The van der Waals surface area contributed by atoms with Crippen LogP contribution in [0.5, 0.6) is 0 Å². The number of hydrogen-bond acceptors (Lipinski definition) is 6. The predicted octanol–water partition coefficient (Wildman–Crippen LogP) is 8.24. The molecule has 0 spiro atoms. The van der Waals surface area contributed by atoms with Gasteiger partial charge in [0.25, 0.3) is 0 Å². The highest BCUT2D eigenvalue weighted by molar-refractivity contribution is 5.93. The normalized spacial score (nSPS) is 19.0. The van der Waals surface area contributed by atoms with Crippen molar-refractivity contribution in [3.05, 3.63) is 65.2 Å². The van der Waals surface area contributed by atoms with Crippen molar-refractivity contribution in [1.82, 2.24) is 4.90 Å². The Morgan fingerprint density at radius 1 is 0.881 bits per heavy atom. The number of carbonyl (C=O) groups is 3. The van der Waals surface area contributed by atoms with Crippen LogP contribution in [-0.2, 0) is 27.0 Å². The van der Waals surface area contributed by atoms with Crippen LogP contribution in [0.4, 0.5) is 33.2 Å². The minimum absolute atomic E-state index is 0.0105. The average molecular weight is 591 g/mol. The molecule has 2 atom stereocenters. The molecule has 8 nitrogen and oxygen atoms in total. The van der Waals surface area contributed by atoms with E-state index in [1.54, 1.807) is 71.9 Å². The Labute approximate surface area is 243 Å². The van der Waals surface area contributed by atoms with Gasteiger partial charge in [0, 0.05) is 6.04 Å². The van der Waals surface area contributed by atoms with Crippen LogP contribution in [0.2, 0.25) is 0 Å². The summed E-state index contributed by atoms with van der Waals surface area (Å²) in [6.45, 7) is 9.78. The quantitative estimate of drug-likeness (QED) is 0.334. The van der Waals surface area contributed by atoms with E-state index in [0.717, 1.165) is 29.9 Å². The van der Waals surface area contributed by atoms with Crippen LogP contribution in [0.15, 0.2) is 48.5 Å². The summed E-state index contributed by atoms with van der Waals surface area (Å²) < 4.78 is 58.5. The van der Waals surface area contributed by atoms with Crippen molar-refractivity contribution in [3.8, 4) is 0 Å². The van der Waals surface area contributed by atoms with Gasteiger partial charge in [-0.3, -0.25) is 4.90 Å². The monoisotopic (exact) mass is 590 g/mol. The topological polar surface area (TPSA) is 85.4 Å². The fraction of sp³-hybridized carbons (Fsp3) is 0.516. The fourth-order valence-electron chi connectivity index (χ4n) is 4.96. The van der Waals surface area contributed by atoms with Crippen LogP contribution in [0.3, 0.4) is 0 Å². The average Bonchev–Trinajstić information content (AvgIpc) is 3.70. The summed E-state index contributed by atoms with van der Waals surface area (Å²) in [5.41, 5.74) is -2.10. The minimum Gasteiger partial charge on any atom is -0.444 e. The minimum atomic E-state index is -4.71. The van der Waals surface area contributed by atoms with E-state index in [1.165, 1.54) is 11.0 Å². The van der Waals surface area contributed by atoms with Crippen LogP contribution in [0.25, 0.3) is 0 Å². The first-order chi connectivity index (χ1) is 19.4. The highest BCUT2D eigenvalue weighted by atomic mass is 19.4. The van der Waals surface area contributed by atoms with Gasteiger partial charge in [0.05, 0.1) is 17.3 Å². The molecule has 0 saturated heterocycles. The smallest absolute Gasteiger partial charge is 0.420 e. The second-order valence-corrected chi connectivity index (χ2v) is 12.7. The number of halogens is 3. The van der Waals surface area contributed by atoms with Crippen molar-refractivity contribution in [2.24, 2.45) is 5.92 Å². The van der Waals surface area contributed by atoms with E-state index in [9.17, 15) is 27.6 Å². The number of rotatable bonds is 4. The molecular formula is C31H37F3N2O6. The molecule has 11 heteroatoms. The Morgan fingerprint density at radius 2 is 1.50 bits per heavy atom. The number of nitrogens with zero attached hydrogens (tertiary/aromatic N) is 2. The SMILES string of the molecule is CC(C)(C)OC(=O)N(C(=O)OCc1ccccc1)[C@H]1C[C@@H](C2CC2)N(C(=O)OC(C)(C)C)c2ccc(C(F)(F)F)cc21. The van der Waals surface area contributed by atoms with Gasteiger partial charge in [-0.25, -0.2) is 19.3 Å². The van der Waals surface area contributed by atoms with Crippen molar-refractivity contribution >= 4 is 24.0 Å². The molecule has 1 fully saturated rings. The second kappa shape index (κ2) is 11.5. The van der Waals surface area contributed by atoms with Crippen molar-refractivity contribution in [3.63, 3.8) is 0 Å². The van der Waals surface area contributed by atoms with Crippen molar-refractivity contribution in [2.75, 3.05) is 4.90 Å². The molecule has 4 rings (SSSR count). The third-order valence-electron chi connectivity index (χ3n) is 6.83. The van der Waals surface area contributed by atoms with Gasteiger partial charge >= 0.3 is 24.5 Å². The van der Waals surface area contributed by atoms with Crippen LogP contribution >= 0.6 is 0 Å².